The molecule has 0 spiro atoms. The van der Waals surface area contributed by atoms with Crippen molar-refractivity contribution in [1.82, 2.24) is 0 Å². The van der Waals surface area contributed by atoms with Crippen LogP contribution >= 0.6 is 0 Å². The van der Waals surface area contributed by atoms with Gasteiger partial charge in [-0.2, -0.15) is 0 Å². The Balaban J connectivity index is 5.06. The molecule has 3 atom stereocenters. The smallest absolute Gasteiger partial charge is 0.303 e. The molecule has 0 rings (SSSR count). The van der Waals surface area contributed by atoms with Crippen molar-refractivity contribution < 1.29 is 37.5 Å². The van der Waals surface area contributed by atoms with Gasteiger partial charge in [-0.15, -0.1) is 0 Å². The fourth-order valence-electron chi connectivity index (χ4n) is 1.18. The Hall–Kier alpha value is -1.92. The first-order valence-electron chi connectivity index (χ1n) is 6.93. The van der Waals surface area contributed by atoms with E-state index in [-0.39, 0.29) is 6.29 Å². The van der Waals surface area contributed by atoms with E-state index in [4.69, 9.17) is 13.6 Å². The summed E-state index contributed by atoms with van der Waals surface area (Å²) in [5.74, 6) is -2.97. The number of rotatable bonds is 6. The molecular formula is C11H16O7. The summed E-state index contributed by atoms with van der Waals surface area (Å²) in [4.78, 5) is 44.3. The van der Waals surface area contributed by atoms with Gasteiger partial charge in [0.1, 0.15) is 6.10 Å². The van der Waals surface area contributed by atoms with Crippen LogP contribution in [0.2, 0.25) is 0 Å². The zero-order chi connectivity index (χ0) is 16.4. The van der Waals surface area contributed by atoms with Gasteiger partial charge in [0.05, 0.1) is 0 Å². The molecule has 0 bridgehead atoms. The molecule has 0 heterocycles. The Morgan fingerprint density at radius 2 is 1.50 bits per heavy atom. The maximum atomic E-state index is 11.2. The van der Waals surface area contributed by atoms with E-state index in [2.05, 4.69) is 4.74 Å². The molecule has 102 valence electrons. The molecule has 0 aromatic rings. The fraction of sp³-hybridized carbons (Fsp3) is 0.636. The molecule has 0 aliphatic carbocycles. The van der Waals surface area contributed by atoms with Crippen LogP contribution in [0.4, 0.5) is 0 Å². The number of esters is 3. The van der Waals surface area contributed by atoms with Crippen LogP contribution in [0.25, 0.3) is 0 Å². The Morgan fingerprint density at radius 3 is 2.00 bits per heavy atom. The van der Waals surface area contributed by atoms with E-state index in [1.54, 1.807) is 0 Å². The van der Waals surface area contributed by atoms with Crippen molar-refractivity contribution in [2.75, 3.05) is 0 Å². The number of hydrogen-bond acceptors (Lipinski definition) is 7. The summed E-state index contributed by atoms with van der Waals surface area (Å²) in [6.07, 6.45) is -4.04. The van der Waals surface area contributed by atoms with Crippen molar-refractivity contribution in [3.63, 3.8) is 0 Å². The van der Waals surface area contributed by atoms with Crippen LogP contribution in [0.15, 0.2) is 0 Å². The monoisotopic (exact) mass is 263 g/mol. The summed E-state index contributed by atoms with van der Waals surface area (Å²) >= 11 is 0. The minimum atomic E-state index is -1.58. The van der Waals surface area contributed by atoms with E-state index in [0.29, 0.717) is 0 Å². The van der Waals surface area contributed by atoms with Crippen LogP contribution < -0.4 is 0 Å². The minimum Gasteiger partial charge on any atom is -0.459 e. The Morgan fingerprint density at radius 1 is 1.00 bits per heavy atom. The molecule has 0 aliphatic heterocycles. The molecular weight excluding hydrogens is 244 g/mol. The molecule has 0 radical (unpaired) electrons. The largest absolute Gasteiger partial charge is 0.459 e. The van der Waals surface area contributed by atoms with Crippen LogP contribution in [0.5, 0.6) is 0 Å². The molecule has 7 nitrogen and oxygen atoms in total. The lowest BCUT2D eigenvalue weighted by molar-refractivity contribution is -0.181. The summed E-state index contributed by atoms with van der Waals surface area (Å²) in [5.41, 5.74) is 0. The minimum absolute atomic E-state index is 0.167. The lowest BCUT2D eigenvalue weighted by atomic mass is 10.1. The summed E-state index contributed by atoms with van der Waals surface area (Å²) in [7, 11) is 0. The topological polar surface area (TPSA) is 96.0 Å². The maximum absolute atomic E-state index is 11.2. The first kappa shape index (κ1) is 11.2. The van der Waals surface area contributed by atoms with Gasteiger partial charge < -0.3 is 14.2 Å². The number of ether oxygens (including phenoxy) is 3. The normalized spacial score (nSPS) is 17.1. The van der Waals surface area contributed by atoms with Crippen molar-refractivity contribution in [1.29, 1.82) is 0 Å². The van der Waals surface area contributed by atoms with Crippen molar-refractivity contribution in [3.8, 4) is 0 Å². The van der Waals surface area contributed by atoms with Crippen LogP contribution in [0.1, 0.15) is 31.7 Å². The SMILES string of the molecule is [2H]CC(=O)O[C@@H]([C@H](C=O)OC(=O)C[2H])[C@@H](C)OC(=O)C[2H]. The van der Waals surface area contributed by atoms with Gasteiger partial charge in [-0.3, -0.25) is 19.2 Å². The van der Waals surface area contributed by atoms with Gasteiger partial charge in [0.25, 0.3) is 0 Å². The number of carbonyl (C=O) groups excluding carboxylic acids is 4. The van der Waals surface area contributed by atoms with Crippen LogP contribution in [-0.4, -0.2) is 42.5 Å². The van der Waals surface area contributed by atoms with Gasteiger partial charge in [0.15, 0.2) is 18.5 Å². The van der Waals surface area contributed by atoms with E-state index < -0.39 is 56.9 Å². The average Bonchev–Trinajstić information content (AvgIpc) is 2.49. The molecule has 0 N–H and O–H groups in total. The number of hydrogen-bond donors (Lipinski definition) is 0. The molecule has 0 amide bonds. The Labute approximate surface area is 109 Å². The van der Waals surface area contributed by atoms with E-state index >= 15 is 0 Å². The maximum Gasteiger partial charge on any atom is 0.303 e. The Bertz CT molecular complexity index is 388. The molecule has 18 heavy (non-hydrogen) atoms. The zero-order valence-corrected chi connectivity index (χ0v) is 9.79. The van der Waals surface area contributed by atoms with E-state index in [0.717, 1.165) is 0 Å². The quantitative estimate of drug-likeness (QED) is 0.378. The first-order valence-corrected chi connectivity index (χ1v) is 4.81. The van der Waals surface area contributed by atoms with E-state index in [1.807, 2.05) is 0 Å². The Kier molecular flexibility index (Phi) is 4.61. The third kappa shape index (κ3) is 5.97. The first-order chi connectivity index (χ1) is 9.89. The highest BCUT2D eigenvalue weighted by atomic mass is 16.6. The second-order valence-electron chi connectivity index (χ2n) is 3.24. The van der Waals surface area contributed by atoms with Gasteiger partial charge in [0, 0.05) is 24.8 Å². The van der Waals surface area contributed by atoms with Gasteiger partial charge in [0.2, 0.25) is 0 Å². The lowest BCUT2D eigenvalue weighted by Crippen LogP contribution is -2.44. The van der Waals surface area contributed by atoms with Crippen molar-refractivity contribution >= 4 is 24.2 Å². The summed E-state index contributed by atoms with van der Waals surface area (Å²) in [6, 6.07) is 0. The molecule has 0 unspecified atom stereocenters. The molecule has 0 fully saturated rings. The van der Waals surface area contributed by atoms with Crippen LogP contribution in [-0.2, 0) is 33.4 Å². The van der Waals surface area contributed by atoms with Gasteiger partial charge in [-0.05, 0) is 6.92 Å². The molecule has 0 aliphatic rings. The predicted molar refractivity (Wildman–Crippen MR) is 58.4 cm³/mol. The van der Waals surface area contributed by atoms with Gasteiger partial charge in [-0.25, -0.2) is 0 Å². The predicted octanol–water partition coefficient (Wildman–Crippen LogP) is 0.000300. The van der Waals surface area contributed by atoms with Crippen molar-refractivity contribution in [3.05, 3.63) is 0 Å². The van der Waals surface area contributed by atoms with Gasteiger partial charge >= 0.3 is 17.9 Å². The number of aldehydes is 1. The average molecular weight is 263 g/mol. The second-order valence-corrected chi connectivity index (χ2v) is 3.24. The molecule has 0 saturated heterocycles. The van der Waals surface area contributed by atoms with Crippen LogP contribution in [0.3, 0.4) is 0 Å². The van der Waals surface area contributed by atoms with E-state index in [1.165, 1.54) is 6.92 Å². The van der Waals surface area contributed by atoms with Crippen LogP contribution in [0, 0.1) is 0 Å². The summed E-state index contributed by atoms with van der Waals surface area (Å²) in [5, 5.41) is 0. The van der Waals surface area contributed by atoms with Crippen molar-refractivity contribution in [2.24, 2.45) is 0 Å². The summed E-state index contributed by atoms with van der Waals surface area (Å²) < 4.78 is 34.6. The van der Waals surface area contributed by atoms with Gasteiger partial charge in [-0.1, -0.05) is 0 Å². The highest BCUT2D eigenvalue weighted by molar-refractivity contribution is 5.72. The second kappa shape index (κ2) is 7.41. The number of carbonyl (C=O) groups is 4. The third-order valence-electron chi connectivity index (χ3n) is 1.77. The fourth-order valence-corrected chi connectivity index (χ4v) is 1.18. The summed E-state index contributed by atoms with van der Waals surface area (Å²) in [6.45, 7) is -0.889. The lowest BCUT2D eigenvalue weighted by Gasteiger charge is -2.26. The molecule has 0 saturated carbocycles. The van der Waals surface area contributed by atoms with Crippen molar-refractivity contribution in [2.45, 2.75) is 45.9 Å². The molecule has 7 heteroatoms. The standard InChI is InChI=1S/C11H16O7/c1-6(16-7(2)13)11(18-9(4)15)10(5-12)17-8(3)14/h5-6,10-11H,1-4H3/t6-,10+,11-/m1/s1/i2D,3D,4D. The molecule has 0 aromatic carbocycles. The van der Waals surface area contributed by atoms with E-state index in [9.17, 15) is 19.2 Å². The third-order valence-corrected chi connectivity index (χ3v) is 1.77. The highest BCUT2D eigenvalue weighted by Gasteiger charge is 2.34. The highest BCUT2D eigenvalue weighted by Crippen LogP contribution is 2.12. The molecule has 0 aromatic heterocycles. The zero-order valence-electron chi connectivity index (χ0n) is 12.8.